The largest absolute Gasteiger partial charge is 0.493 e. The molecule has 5 rings (SSSR count). The Morgan fingerprint density at radius 1 is 1.11 bits per heavy atom. The summed E-state index contributed by atoms with van der Waals surface area (Å²) in [5.74, 6) is 2.21. The molecule has 192 valence electrons. The Balaban J connectivity index is 1.65. The summed E-state index contributed by atoms with van der Waals surface area (Å²) >= 11 is 0. The summed E-state index contributed by atoms with van der Waals surface area (Å²) in [4.78, 5) is 33.2. The van der Waals surface area contributed by atoms with Crippen molar-refractivity contribution in [2.24, 2.45) is 0 Å². The maximum Gasteiger partial charge on any atom is 0.261 e. The van der Waals surface area contributed by atoms with Gasteiger partial charge in [0.05, 0.1) is 42.0 Å². The lowest BCUT2D eigenvalue weighted by Gasteiger charge is -2.16. The number of aryl methyl sites for hydroxylation is 1. The predicted molar refractivity (Wildman–Crippen MR) is 142 cm³/mol. The third-order valence-electron chi connectivity index (χ3n) is 6.14. The van der Waals surface area contributed by atoms with Crippen molar-refractivity contribution in [2.75, 3.05) is 19.0 Å². The number of ether oxygens (including phenoxy) is 2. The van der Waals surface area contributed by atoms with Gasteiger partial charge in [0, 0.05) is 37.3 Å². The maximum absolute atomic E-state index is 13.4. The minimum absolute atomic E-state index is 0.292. The Kier molecular flexibility index (Phi) is 6.76. The van der Waals surface area contributed by atoms with Gasteiger partial charge < -0.3 is 24.8 Å². The lowest BCUT2D eigenvalue weighted by Crippen LogP contribution is -2.17. The number of anilines is 1. The van der Waals surface area contributed by atoms with Crippen LogP contribution in [-0.2, 0) is 6.54 Å². The SMILES string of the molecule is CCCCOc1cc2[nH]c(-c3c(N[C@@H](C)c4ncccn4)c4nn(CC)cc4[nH]c3=O)nc2cc1OC. The molecule has 0 saturated heterocycles. The highest BCUT2D eigenvalue weighted by Gasteiger charge is 2.23. The van der Waals surface area contributed by atoms with Crippen molar-refractivity contribution in [3.63, 3.8) is 0 Å². The van der Waals surface area contributed by atoms with Crippen LogP contribution in [0, 0.1) is 0 Å². The fourth-order valence-electron chi connectivity index (χ4n) is 4.19. The molecule has 1 atom stereocenters. The van der Waals surface area contributed by atoms with E-state index >= 15 is 0 Å². The van der Waals surface area contributed by atoms with E-state index < -0.39 is 0 Å². The molecule has 4 heterocycles. The first-order valence-electron chi connectivity index (χ1n) is 12.4. The number of hydrogen-bond donors (Lipinski definition) is 3. The van der Waals surface area contributed by atoms with E-state index in [2.05, 4.69) is 32.2 Å². The second kappa shape index (κ2) is 10.3. The number of methoxy groups -OCH3 is 1. The van der Waals surface area contributed by atoms with E-state index in [0.717, 1.165) is 18.4 Å². The third-order valence-corrected chi connectivity index (χ3v) is 6.14. The van der Waals surface area contributed by atoms with Crippen molar-refractivity contribution in [1.82, 2.24) is 34.7 Å². The van der Waals surface area contributed by atoms with Gasteiger partial charge in [-0.05, 0) is 26.3 Å². The molecule has 0 spiro atoms. The number of H-pyrrole nitrogens is 2. The van der Waals surface area contributed by atoms with E-state index in [0.29, 0.717) is 64.1 Å². The summed E-state index contributed by atoms with van der Waals surface area (Å²) in [5.41, 5.74) is 3.24. The van der Waals surface area contributed by atoms with E-state index in [-0.39, 0.29) is 11.6 Å². The minimum Gasteiger partial charge on any atom is -0.493 e. The first-order valence-corrected chi connectivity index (χ1v) is 12.4. The minimum atomic E-state index is -0.294. The highest BCUT2D eigenvalue weighted by molar-refractivity contribution is 5.96. The van der Waals surface area contributed by atoms with Crippen molar-refractivity contribution < 1.29 is 9.47 Å². The van der Waals surface area contributed by atoms with Crippen LogP contribution in [0.5, 0.6) is 11.5 Å². The molecule has 0 aliphatic carbocycles. The van der Waals surface area contributed by atoms with Crippen LogP contribution in [-0.4, -0.2) is 48.4 Å². The topological polar surface area (TPSA) is 136 Å². The van der Waals surface area contributed by atoms with Crippen LogP contribution in [0.1, 0.15) is 45.5 Å². The molecule has 11 nitrogen and oxygen atoms in total. The molecule has 11 heteroatoms. The molecule has 5 aromatic rings. The fraction of sp³-hybridized carbons (Fsp3) is 0.346. The van der Waals surface area contributed by atoms with Gasteiger partial charge in [-0.15, -0.1) is 0 Å². The molecule has 3 N–H and O–H groups in total. The monoisotopic (exact) mass is 502 g/mol. The lowest BCUT2D eigenvalue weighted by atomic mass is 10.1. The Labute approximate surface area is 213 Å². The zero-order valence-corrected chi connectivity index (χ0v) is 21.3. The van der Waals surface area contributed by atoms with E-state index in [1.54, 1.807) is 30.3 Å². The molecule has 0 amide bonds. The van der Waals surface area contributed by atoms with Gasteiger partial charge >= 0.3 is 0 Å². The van der Waals surface area contributed by atoms with Crippen LogP contribution in [0.2, 0.25) is 0 Å². The number of nitrogens with one attached hydrogen (secondary N) is 3. The van der Waals surface area contributed by atoms with Gasteiger partial charge in [0.25, 0.3) is 5.56 Å². The zero-order chi connectivity index (χ0) is 25.9. The van der Waals surface area contributed by atoms with Crippen molar-refractivity contribution in [3.05, 3.63) is 53.0 Å². The molecule has 0 unspecified atom stereocenters. The van der Waals surface area contributed by atoms with Crippen molar-refractivity contribution in [2.45, 2.75) is 46.2 Å². The van der Waals surface area contributed by atoms with E-state index in [1.165, 1.54) is 0 Å². The summed E-state index contributed by atoms with van der Waals surface area (Å²) in [5, 5.41) is 8.13. The Hall–Kier alpha value is -4.41. The van der Waals surface area contributed by atoms with Crippen LogP contribution < -0.4 is 20.3 Å². The molecule has 0 bridgehead atoms. The first-order chi connectivity index (χ1) is 18.0. The molecule has 37 heavy (non-hydrogen) atoms. The Bertz CT molecular complexity index is 1590. The van der Waals surface area contributed by atoms with Crippen molar-refractivity contribution >= 4 is 27.8 Å². The molecular formula is C26H30N8O3. The number of benzene rings is 1. The predicted octanol–water partition coefficient (Wildman–Crippen LogP) is 4.44. The third kappa shape index (κ3) is 4.72. The van der Waals surface area contributed by atoms with Crippen molar-refractivity contribution in [1.29, 1.82) is 0 Å². The van der Waals surface area contributed by atoms with Crippen LogP contribution in [0.4, 0.5) is 5.69 Å². The first kappa shape index (κ1) is 24.3. The van der Waals surface area contributed by atoms with Crippen LogP contribution in [0.3, 0.4) is 0 Å². The molecule has 1 aromatic carbocycles. The quantitative estimate of drug-likeness (QED) is 0.239. The number of hydrogen-bond acceptors (Lipinski definition) is 8. The Morgan fingerprint density at radius 3 is 2.65 bits per heavy atom. The summed E-state index contributed by atoms with van der Waals surface area (Å²) in [7, 11) is 1.60. The molecule has 4 aromatic heterocycles. The number of aromatic nitrogens is 7. The standard InChI is InChI=1S/C26H30N8O3/c1-5-7-11-37-20-13-17-16(12-19(20)36-4)30-25(31-17)21-23(29-15(3)24-27-9-8-10-28-24)22-18(32-26(21)35)14-34(6-2)33-22/h8-10,12-15,29H,5-7,11H2,1-4H3,(H,30,31)(H,32,35)/t15-/m0/s1. The van der Waals surface area contributed by atoms with Gasteiger partial charge in [0.1, 0.15) is 22.7 Å². The maximum atomic E-state index is 13.4. The average Bonchev–Trinajstić information content (AvgIpc) is 3.52. The number of nitrogens with zero attached hydrogens (tertiary/aromatic N) is 5. The van der Waals surface area contributed by atoms with Crippen LogP contribution in [0.15, 0.2) is 41.6 Å². The second-order valence-corrected chi connectivity index (χ2v) is 8.73. The van der Waals surface area contributed by atoms with Gasteiger partial charge in [0.2, 0.25) is 0 Å². The zero-order valence-electron chi connectivity index (χ0n) is 21.3. The fourth-order valence-corrected chi connectivity index (χ4v) is 4.19. The number of aromatic amines is 2. The average molecular weight is 503 g/mol. The number of imidazole rings is 1. The van der Waals surface area contributed by atoms with Gasteiger partial charge in [-0.25, -0.2) is 15.0 Å². The van der Waals surface area contributed by atoms with Crippen LogP contribution >= 0.6 is 0 Å². The lowest BCUT2D eigenvalue weighted by molar-refractivity contribution is 0.289. The summed E-state index contributed by atoms with van der Waals surface area (Å²) in [6.45, 7) is 7.29. The summed E-state index contributed by atoms with van der Waals surface area (Å²) in [6, 6.07) is 5.13. The molecule has 0 saturated carbocycles. The molecule has 0 aliphatic rings. The van der Waals surface area contributed by atoms with E-state index in [1.807, 2.05) is 32.2 Å². The summed E-state index contributed by atoms with van der Waals surface area (Å²) < 4.78 is 13.2. The van der Waals surface area contributed by atoms with Gasteiger partial charge in [-0.3, -0.25) is 9.48 Å². The second-order valence-electron chi connectivity index (χ2n) is 8.73. The summed E-state index contributed by atoms with van der Waals surface area (Å²) in [6.07, 6.45) is 7.16. The number of fused-ring (bicyclic) bond motifs is 2. The van der Waals surface area contributed by atoms with Gasteiger partial charge in [0.15, 0.2) is 11.5 Å². The van der Waals surface area contributed by atoms with Crippen molar-refractivity contribution in [3.8, 4) is 22.9 Å². The molecular weight excluding hydrogens is 472 g/mol. The molecule has 0 radical (unpaired) electrons. The van der Waals surface area contributed by atoms with Gasteiger partial charge in [-0.1, -0.05) is 13.3 Å². The Morgan fingerprint density at radius 2 is 1.92 bits per heavy atom. The molecule has 0 fully saturated rings. The normalized spacial score (nSPS) is 12.2. The highest BCUT2D eigenvalue weighted by Crippen LogP contribution is 2.35. The van der Waals surface area contributed by atoms with Gasteiger partial charge in [-0.2, -0.15) is 5.10 Å². The highest BCUT2D eigenvalue weighted by atomic mass is 16.5. The smallest absolute Gasteiger partial charge is 0.261 e. The van der Waals surface area contributed by atoms with E-state index in [9.17, 15) is 4.79 Å². The van der Waals surface area contributed by atoms with Crippen LogP contribution in [0.25, 0.3) is 33.5 Å². The number of rotatable bonds is 10. The molecule has 0 aliphatic heterocycles. The number of unbranched alkanes of at least 4 members (excludes halogenated alkanes) is 1. The number of pyridine rings is 1. The van der Waals surface area contributed by atoms with E-state index in [4.69, 9.17) is 19.6 Å².